The molecule has 1 aromatic carbocycles. The predicted molar refractivity (Wildman–Crippen MR) is 83.2 cm³/mol. The van der Waals surface area contributed by atoms with Crippen LogP contribution in [-0.2, 0) is 10.0 Å². The van der Waals surface area contributed by atoms with E-state index in [0.717, 1.165) is 9.35 Å². The van der Waals surface area contributed by atoms with Crippen molar-refractivity contribution in [1.82, 2.24) is 0 Å². The Morgan fingerprint density at radius 3 is 2.40 bits per heavy atom. The van der Waals surface area contributed by atoms with Gasteiger partial charge in [0.25, 0.3) is 0 Å². The molecule has 0 atom stereocenters. The Balaban J connectivity index is 2.16. The van der Waals surface area contributed by atoms with Crippen molar-refractivity contribution in [2.24, 2.45) is 5.14 Å². The summed E-state index contributed by atoms with van der Waals surface area (Å²) in [6, 6.07) is 7.42. The van der Waals surface area contributed by atoms with Crippen molar-refractivity contribution in [2.75, 3.05) is 0 Å². The summed E-state index contributed by atoms with van der Waals surface area (Å²) >= 11 is 4.84. The van der Waals surface area contributed by atoms with Crippen LogP contribution in [0.4, 0.5) is 0 Å². The number of ketones is 1. The SMILES string of the molecule is NS(=O)(=O)c1ccc(C(=O)C=Cc2cc(Br)cs2)cc1. The largest absolute Gasteiger partial charge is 0.289 e. The summed E-state index contributed by atoms with van der Waals surface area (Å²) in [5, 5.41) is 6.91. The Kier molecular flexibility index (Phi) is 4.54. The van der Waals surface area contributed by atoms with Gasteiger partial charge in [0.2, 0.25) is 10.0 Å². The second kappa shape index (κ2) is 6.01. The molecule has 2 aromatic rings. The number of halogens is 1. The normalized spacial score (nSPS) is 11.9. The highest BCUT2D eigenvalue weighted by Gasteiger charge is 2.08. The Bertz CT molecular complexity index is 761. The fourth-order valence-electron chi connectivity index (χ4n) is 1.48. The smallest absolute Gasteiger partial charge is 0.238 e. The molecule has 0 fully saturated rings. The lowest BCUT2D eigenvalue weighted by Crippen LogP contribution is -2.12. The van der Waals surface area contributed by atoms with E-state index in [1.807, 2.05) is 11.4 Å². The molecule has 1 aromatic heterocycles. The lowest BCUT2D eigenvalue weighted by atomic mass is 10.1. The molecule has 7 heteroatoms. The highest BCUT2D eigenvalue weighted by atomic mass is 79.9. The standard InChI is InChI=1S/C13H10BrNO3S2/c14-10-7-11(19-8-10)3-6-13(16)9-1-4-12(5-2-9)20(15,17)18/h1-8H,(H2,15,17,18). The highest BCUT2D eigenvalue weighted by molar-refractivity contribution is 9.10. The minimum atomic E-state index is -3.73. The molecule has 0 unspecified atom stereocenters. The molecule has 104 valence electrons. The lowest BCUT2D eigenvalue weighted by Gasteiger charge is -1.99. The second-order valence-corrected chi connectivity index (χ2v) is 7.35. The summed E-state index contributed by atoms with van der Waals surface area (Å²) in [6.07, 6.45) is 3.16. The van der Waals surface area contributed by atoms with E-state index >= 15 is 0 Å². The Morgan fingerprint density at radius 2 is 1.90 bits per heavy atom. The van der Waals surface area contributed by atoms with Crippen LogP contribution in [0.3, 0.4) is 0 Å². The maximum absolute atomic E-state index is 11.9. The van der Waals surface area contributed by atoms with Crippen LogP contribution in [0.15, 0.2) is 51.2 Å². The van der Waals surface area contributed by atoms with Crippen LogP contribution in [0.25, 0.3) is 6.08 Å². The Morgan fingerprint density at radius 1 is 1.25 bits per heavy atom. The third kappa shape index (κ3) is 3.86. The van der Waals surface area contributed by atoms with Gasteiger partial charge < -0.3 is 0 Å². The first kappa shape index (κ1) is 15.1. The number of carbonyl (C=O) groups is 1. The molecule has 0 amide bonds. The topological polar surface area (TPSA) is 77.2 Å². The summed E-state index contributed by atoms with van der Waals surface area (Å²) in [7, 11) is -3.73. The van der Waals surface area contributed by atoms with Gasteiger partial charge in [-0.15, -0.1) is 11.3 Å². The summed E-state index contributed by atoms with van der Waals surface area (Å²) in [5.74, 6) is -0.199. The van der Waals surface area contributed by atoms with Gasteiger partial charge >= 0.3 is 0 Å². The fraction of sp³-hybridized carbons (Fsp3) is 0. The molecule has 1 heterocycles. The lowest BCUT2D eigenvalue weighted by molar-refractivity contribution is 0.104. The first-order chi connectivity index (χ1) is 9.36. The molecule has 0 saturated heterocycles. The van der Waals surface area contributed by atoms with E-state index in [1.165, 1.54) is 41.7 Å². The van der Waals surface area contributed by atoms with Crippen LogP contribution in [-0.4, -0.2) is 14.2 Å². The van der Waals surface area contributed by atoms with Crippen LogP contribution in [0, 0.1) is 0 Å². The number of hydrogen-bond acceptors (Lipinski definition) is 4. The van der Waals surface area contributed by atoms with Crippen molar-refractivity contribution in [1.29, 1.82) is 0 Å². The van der Waals surface area contributed by atoms with Gasteiger partial charge in [0, 0.05) is 20.3 Å². The number of hydrogen-bond donors (Lipinski definition) is 1. The zero-order valence-corrected chi connectivity index (χ0v) is 13.3. The summed E-state index contributed by atoms with van der Waals surface area (Å²) in [4.78, 5) is 12.8. The van der Waals surface area contributed by atoms with E-state index < -0.39 is 10.0 Å². The Hall–Kier alpha value is -1.28. The average molecular weight is 372 g/mol. The molecule has 0 radical (unpaired) electrons. The molecule has 0 aliphatic heterocycles. The zero-order chi connectivity index (χ0) is 14.8. The Labute approximate surface area is 129 Å². The zero-order valence-electron chi connectivity index (χ0n) is 10.1. The molecule has 0 aliphatic rings. The van der Waals surface area contributed by atoms with Crippen molar-refractivity contribution >= 4 is 49.1 Å². The summed E-state index contributed by atoms with van der Waals surface area (Å²) in [6.45, 7) is 0. The third-order valence-electron chi connectivity index (χ3n) is 2.45. The highest BCUT2D eigenvalue weighted by Crippen LogP contribution is 2.21. The maximum Gasteiger partial charge on any atom is 0.238 e. The van der Waals surface area contributed by atoms with Gasteiger partial charge in [0.15, 0.2) is 5.78 Å². The number of thiophene rings is 1. The fourth-order valence-corrected chi connectivity index (χ4v) is 3.33. The van der Waals surface area contributed by atoms with Crippen molar-refractivity contribution < 1.29 is 13.2 Å². The van der Waals surface area contributed by atoms with Crippen molar-refractivity contribution in [3.63, 3.8) is 0 Å². The van der Waals surface area contributed by atoms with Gasteiger partial charge in [-0.25, -0.2) is 13.6 Å². The van der Waals surface area contributed by atoms with E-state index in [9.17, 15) is 13.2 Å². The van der Waals surface area contributed by atoms with Crippen LogP contribution >= 0.6 is 27.3 Å². The first-order valence-electron chi connectivity index (χ1n) is 5.45. The molecule has 0 saturated carbocycles. The average Bonchev–Trinajstić information content (AvgIpc) is 2.81. The number of benzene rings is 1. The van der Waals surface area contributed by atoms with E-state index in [2.05, 4.69) is 15.9 Å². The number of allylic oxidation sites excluding steroid dienone is 1. The van der Waals surface area contributed by atoms with Gasteiger partial charge in [-0.3, -0.25) is 4.79 Å². The number of sulfonamides is 1. The quantitative estimate of drug-likeness (QED) is 0.662. The van der Waals surface area contributed by atoms with Gasteiger partial charge in [-0.05, 0) is 58.4 Å². The van der Waals surface area contributed by atoms with Crippen molar-refractivity contribution in [3.8, 4) is 0 Å². The van der Waals surface area contributed by atoms with Gasteiger partial charge in [0.1, 0.15) is 0 Å². The summed E-state index contributed by atoms with van der Waals surface area (Å²) < 4.78 is 23.2. The molecule has 20 heavy (non-hydrogen) atoms. The monoisotopic (exact) mass is 371 g/mol. The molecule has 0 bridgehead atoms. The van der Waals surface area contributed by atoms with Crippen LogP contribution in [0.2, 0.25) is 0 Å². The second-order valence-electron chi connectivity index (χ2n) is 3.93. The van der Waals surface area contributed by atoms with Gasteiger partial charge in [-0.2, -0.15) is 0 Å². The third-order valence-corrected chi connectivity index (χ3v) is 5.04. The molecule has 0 spiro atoms. The molecule has 2 rings (SSSR count). The first-order valence-corrected chi connectivity index (χ1v) is 8.67. The van der Waals surface area contributed by atoms with Gasteiger partial charge in [-0.1, -0.05) is 0 Å². The van der Waals surface area contributed by atoms with Crippen molar-refractivity contribution in [3.05, 3.63) is 56.7 Å². The minimum Gasteiger partial charge on any atom is -0.289 e. The number of rotatable bonds is 4. The molecule has 2 N–H and O–H groups in total. The van der Waals surface area contributed by atoms with Crippen LogP contribution in [0.5, 0.6) is 0 Å². The van der Waals surface area contributed by atoms with E-state index in [0.29, 0.717) is 5.56 Å². The maximum atomic E-state index is 11.9. The van der Waals surface area contributed by atoms with Gasteiger partial charge in [0.05, 0.1) is 4.90 Å². The summed E-state index contributed by atoms with van der Waals surface area (Å²) in [5.41, 5.74) is 0.407. The number of carbonyl (C=O) groups excluding carboxylic acids is 1. The molecular weight excluding hydrogens is 362 g/mol. The minimum absolute atomic E-state index is 0.0137. The predicted octanol–water partition coefficient (Wildman–Crippen LogP) is 3.05. The van der Waals surface area contributed by atoms with Crippen molar-refractivity contribution in [2.45, 2.75) is 4.90 Å². The molecule has 4 nitrogen and oxygen atoms in total. The van der Waals surface area contributed by atoms with E-state index in [-0.39, 0.29) is 10.7 Å². The van der Waals surface area contributed by atoms with Crippen LogP contribution < -0.4 is 5.14 Å². The number of primary sulfonamides is 1. The number of nitrogens with two attached hydrogens (primary N) is 1. The molecular formula is C13H10BrNO3S2. The van der Waals surface area contributed by atoms with Crippen LogP contribution in [0.1, 0.15) is 15.2 Å². The van der Waals surface area contributed by atoms with E-state index in [1.54, 1.807) is 6.08 Å². The van der Waals surface area contributed by atoms with E-state index in [4.69, 9.17) is 5.14 Å². The molecule has 0 aliphatic carbocycles.